The molecular weight excluding hydrogens is 605 g/mol. The van der Waals surface area contributed by atoms with Crippen molar-refractivity contribution in [2.24, 2.45) is 0 Å². The maximum absolute atomic E-state index is 2.49. The predicted octanol–water partition coefficient (Wildman–Crippen LogP) is 12.9. The fourth-order valence-electron chi connectivity index (χ4n) is 7.95. The summed E-state index contributed by atoms with van der Waals surface area (Å²) in [5.41, 5.74) is 14.2. The summed E-state index contributed by atoms with van der Waals surface area (Å²) < 4.78 is 4.96. The SMILES string of the molecule is c1ccc(-c2ccc(-c3cccc(-c4ccccc4)c3-n3c4ccccc4c4ccccc43)c(-n3c4ccccc4c4ccccc43)c2)cc1. The van der Waals surface area contributed by atoms with Crippen LogP contribution in [0.25, 0.3) is 88.4 Å². The Hall–Kier alpha value is -6.64. The number of para-hydroxylation sites is 5. The van der Waals surface area contributed by atoms with Crippen LogP contribution in [0.4, 0.5) is 0 Å². The fourth-order valence-corrected chi connectivity index (χ4v) is 7.95. The summed E-state index contributed by atoms with van der Waals surface area (Å²) in [5, 5.41) is 5.00. The summed E-state index contributed by atoms with van der Waals surface area (Å²) in [6.45, 7) is 0. The van der Waals surface area contributed by atoms with E-state index < -0.39 is 0 Å². The maximum atomic E-state index is 2.49. The van der Waals surface area contributed by atoms with Gasteiger partial charge in [0, 0.05) is 38.2 Å². The Morgan fingerprint density at radius 2 is 0.700 bits per heavy atom. The highest BCUT2D eigenvalue weighted by molar-refractivity contribution is 6.12. The summed E-state index contributed by atoms with van der Waals surface area (Å²) >= 11 is 0. The average Bonchev–Trinajstić information content (AvgIpc) is 3.71. The molecule has 0 spiro atoms. The Morgan fingerprint density at radius 3 is 1.24 bits per heavy atom. The molecular formula is C48H32N2. The molecule has 0 aliphatic rings. The summed E-state index contributed by atoms with van der Waals surface area (Å²) in [5.74, 6) is 0. The summed E-state index contributed by atoms with van der Waals surface area (Å²) in [4.78, 5) is 0. The standard InChI is InChI=1S/C48H32N2/c1-3-16-33(17-4-1)35-30-31-41(47(32-35)49-43-26-11-7-20-37(43)38-21-8-12-27-44(38)49)42-25-15-24-36(34-18-5-2-6-19-34)48(42)50-45-28-13-9-22-39(45)40-23-10-14-29-46(40)50/h1-32H. The van der Waals surface area contributed by atoms with E-state index in [1.807, 2.05) is 0 Å². The number of nitrogens with zero attached hydrogens (tertiary/aromatic N) is 2. The van der Waals surface area contributed by atoms with E-state index in [9.17, 15) is 0 Å². The van der Waals surface area contributed by atoms with Crippen molar-refractivity contribution < 1.29 is 0 Å². The van der Waals surface area contributed by atoms with Gasteiger partial charge >= 0.3 is 0 Å². The number of benzene rings is 8. The van der Waals surface area contributed by atoms with Gasteiger partial charge in [-0.2, -0.15) is 0 Å². The Bertz CT molecular complexity index is 2750. The second-order valence-electron chi connectivity index (χ2n) is 12.9. The lowest BCUT2D eigenvalue weighted by atomic mass is 9.92. The van der Waals surface area contributed by atoms with Crippen molar-refractivity contribution in [1.29, 1.82) is 0 Å². The molecule has 2 aromatic heterocycles. The van der Waals surface area contributed by atoms with Crippen LogP contribution in [0.1, 0.15) is 0 Å². The Labute approximate surface area is 290 Å². The van der Waals surface area contributed by atoms with Crippen LogP contribution >= 0.6 is 0 Å². The van der Waals surface area contributed by atoms with Gasteiger partial charge in [0.05, 0.1) is 33.4 Å². The van der Waals surface area contributed by atoms with E-state index in [0.717, 1.165) is 5.69 Å². The molecule has 2 nitrogen and oxygen atoms in total. The normalized spacial score (nSPS) is 11.6. The van der Waals surface area contributed by atoms with Crippen LogP contribution in [0.5, 0.6) is 0 Å². The van der Waals surface area contributed by atoms with Crippen molar-refractivity contribution in [3.8, 4) is 44.8 Å². The number of fused-ring (bicyclic) bond motifs is 6. The molecule has 10 rings (SSSR count). The molecule has 234 valence electrons. The fraction of sp³-hybridized carbons (Fsp3) is 0. The molecule has 50 heavy (non-hydrogen) atoms. The quantitative estimate of drug-likeness (QED) is 0.178. The topological polar surface area (TPSA) is 9.86 Å². The van der Waals surface area contributed by atoms with E-state index in [2.05, 4.69) is 203 Å². The molecule has 0 N–H and O–H groups in total. The summed E-state index contributed by atoms with van der Waals surface area (Å²) in [6.07, 6.45) is 0. The van der Waals surface area contributed by atoms with Crippen LogP contribution in [0.15, 0.2) is 194 Å². The average molecular weight is 637 g/mol. The highest BCUT2D eigenvalue weighted by atomic mass is 15.0. The first-order chi connectivity index (χ1) is 24.8. The van der Waals surface area contributed by atoms with Crippen LogP contribution in [0.2, 0.25) is 0 Å². The molecule has 2 heteroatoms. The van der Waals surface area contributed by atoms with Crippen LogP contribution in [0, 0.1) is 0 Å². The molecule has 0 aliphatic heterocycles. The third-order valence-electron chi connectivity index (χ3n) is 10.1. The largest absolute Gasteiger partial charge is 0.309 e. The molecule has 0 fully saturated rings. The van der Waals surface area contributed by atoms with E-state index in [1.165, 1.54) is 82.7 Å². The lowest BCUT2D eigenvalue weighted by Crippen LogP contribution is -2.03. The van der Waals surface area contributed by atoms with Crippen molar-refractivity contribution in [3.63, 3.8) is 0 Å². The highest BCUT2D eigenvalue weighted by Crippen LogP contribution is 2.45. The van der Waals surface area contributed by atoms with Crippen LogP contribution in [-0.4, -0.2) is 9.13 Å². The van der Waals surface area contributed by atoms with E-state index in [-0.39, 0.29) is 0 Å². The Balaban J connectivity index is 1.37. The number of hydrogen-bond donors (Lipinski definition) is 0. The zero-order valence-electron chi connectivity index (χ0n) is 27.4. The molecule has 0 bridgehead atoms. The first kappa shape index (κ1) is 28.4. The maximum Gasteiger partial charge on any atom is 0.0619 e. The summed E-state index contributed by atoms with van der Waals surface area (Å²) in [6, 6.07) is 70.5. The first-order valence-corrected chi connectivity index (χ1v) is 17.2. The van der Waals surface area contributed by atoms with E-state index in [0.29, 0.717) is 0 Å². The Morgan fingerprint density at radius 1 is 0.260 bits per heavy atom. The van der Waals surface area contributed by atoms with Crippen molar-refractivity contribution in [2.75, 3.05) is 0 Å². The number of hydrogen-bond acceptors (Lipinski definition) is 0. The molecule has 0 aliphatic carbocycles. The van der Waals surface area contributed by atoms with Crippen LogP contribution < -0.4 is 0 Å². The van der Waals surface area contributed by atoms with Crippen LogP contribution in [0.3, 0.4) is 0 Å². The zero-order valence-corrected chi connectivity index (χ0v) is 27.4. The molecule has 0 unspecified atom stereocenters. The molecule has 0 atom stereocenters. The van der Waals surface area contributed by atoms with Gasteiger partial charge in [-0.3, -0.25) is 0 Å². The van der Waals surface area contributed by atoms with Gasteiger partial charge < -0.3 is 9.13 Å². The molecule has 8 aromatic carbocycles. The van der Waals surface area contributed by atoms with Gasteiger partial charge in [-0.1, -0.05) is 164 Å². The smallest absolute Gasteiger partial charge is 0.0619 e. The lowest BCUT2D eigenvalue weighted by molar-refractivity contribution is 1.16. The minimum absolute atomic E-state index is 1.15. The second kappa shape index (κ2) is 11.5. The van der Waals surface area contributed by atoms with Gasteiger partial charge in [0.25, 0.3) is 0 Å². The minimum Gasteiger partial charge on any atom is -0.309 e. The number of aromatic nitrogens is 2. The lowest BCUT2D eigenvalue weighted by Gasteiger charge is -2.22. The zero-order chi connectivity index (χ0) is 33.0. The predicted molar refractivity (Wildman–Crippen MR) is 211 cm³/mol. The molecule has 10 aromatic rings. The van der Waals surface area contributed by atoms with Gasteiger partial charge in [0.2, 0.25) is 0 Å². The minimum atomic E-state index is 1.15. The third-order valence-corrected chi connectivity index (χ3v) is 10.1. The molecule has 2 heterocycles. The van der Waals surface area contributed by atoms with Crippen molar-refractivity contribution >= 4 is 43.6 Å². The first-order valence-electron chi connectivity index (χ1n) is 17.2. The number of rotatable bonds is 5. The third kappa shape index (κ3) is 4.36. The van der Waals surface area contributed by atoms with Crippen molar-refractivity contribution in [3.05, 3.63) is 194 Å². The van der Waals surface area contributed by atoms with Crippen LogP contribution in [-0.2, 0) is 0 Å². The van der Waals surface area contributed by atoms with Gasteiger partial charge in [0.15, 0.2) is 0 Å². The highest BCUT2D eigenvalue weighted by Gasteiger charge is 2.23. The van der Waals surface area contributed by atoms with E-state index in [1.54, 1.807) is 0 Å². The molecule has 0 amide bonds. The van der Waals surface area contributed by atoms with E-state index in [4.69, 9.17) is 0 Å². The Kier molecular flexibility index (Phi) is 6.53. The second-order valence-corrected chi connectivity index (χ2v) is 12.9. The van der Waals surface area contributed by atoms with Gasteiger partial charge in [-0.15, -0.1) is 0 Å². The molecule has 0 radical (unpaired) electrons. The van der Waals surface area contributed by atoms with Crippen molar-refractivity contribution in [1.82, 2.24) is 9.13 Å². The molecule has 0 saturated carbocycles. The van der Waals surface area contributed by atoms with Gasteiger partial charge in [-0.05, 0) is 47.0 Å². The monoisotopic (exact) mass is 636 g/mol. The van der Waals surface area contributed by atoms with Gasteiger partial charge in [0.1, 0.15) is 0 Å². The van der Waals surface area contributed by atoms with Crippen molar-refractivity contribution in [2.45, 2.75) is 0 Å². The van der Waals surface area contributed by atoms with E-state index >= 15 is 0 Å². The van der Waals surface area contributed by atoms with Gasteiger partial charge in [-0.25, -0.2) is 0 Å². The summed E-state index contributed by atoms with van der Waals surface area (Å²) in [7, 11) is 0. The molecule has 0 saturated heterocycles.